The lowest BCUT2D eigenvalue weighted by Gasteiger charge is -2.37. The Bertz CT molecular complexity index is 633. The number of nitrogens with zero attached hydrogens (tertiary/aromatic N) is 1. The molecule has 0 fully saturated rings. The van der Waals surface area contributed by atoms with E-state index in [9.17, 15) is 5.26 Å². The van der Waals surface area contributed by atoms with Gasteiger partial charge in [-0.1, -0.05) is 60.2 Å². The van der Waals surface area contributed by atoms with Gasteiger partial charge in [0.1, 0.15) is 6.07 Å². The van der Waals surface area contributed by atoms with Crippen molar-refractivity contribution >= 4 is 19.9 Å². The maximum atomic E-state index is 10.0. The Labute approximate surface area is 138 Å². The van der Waals surface area contributed by atoms with Crippen molar-refractivity contribution in [1.82, 2.24) is 0 Å². The molecule has 1 aliphatic rings. The molecule has 0 spiro atoms. The molecule has 114 valence electrons. The van der Waals surface area contributed by atoms with E-state index in [1.165, 1.54) is 0 Å². The molecule has 0 amide bonds. The van der Waals surface area contributed by atoms with Crippen LogP contribution in [0.15, 0.2) is 60.7 Å². The molecular weight excluding hydrogens is 310 g/mol. The second-order valence-corrected chi connectivity index (χ2v) is 11.1. The van der Waals surface area contributed by atoms with Crippen molar-refractivity contribution < 1.29 is 4.43 Å². The maximum absolute atomic E-state index is 10.0. The van der Waals surface area contributed by atoms with E-state index < -0.39 is 13.9 Å². The summed E-state index contributed by atoms with van der Waals surface area (Å²) in [6, 6.07) is 9.81. The van der Waals surface area contributed by atoms with Gasteiger partial charge in [-0.2, -0.15) is 5.26 Å². The van der Waals surface area contributed by atoms with Gasteiger partial charge >= 0.3 is 0 Å². The van der Waals surface area contributed by atoms with Gasteiger partial charge in [-0.3, -0.25) is 0 Å². The Balaban J connectivity index is 2.56. The molecule has 2 nitrogen and oxygen atoms in total. The topological polar surface area (TPSA) is 33.0 Å². The van der Waals surface area contributed by atoms with Crippen LogP contribution in [-0.4, -0.2) is 8.32 Å². The first-order chi connectivity index (χ1) is 10.4. The van der Waals surface area contributed by atoms with Gasteiger partial charge in [0.2, 0.25) is 0 Å². The SMILES string of the molecule is C[Si](C)(C)OC(C#N)(c1ccc(Cl)cc1)C1C=CC=CC=C1. The summed E-state index contributed by atoms with van der Waals surface area (Å²) in [4.78, 5) is 0. The normalized spacial score (nSPS) is 17.8. The molecule has 0 bridgehead atoms. The second-order valence-electron chi connectivity index (χ2n) is 6.25. The molecule has 1 unspecified atom stereocenters. The molecule has 4 heteroatoms. The quantitative estimate of drug-likeness (QED) is 0.710. The minimum atomic E-state index is -1.95. The first kappa shape index (κ1) is 16.8. The van der Waals surface area contributed by atoms with Crippen LogP contribution >= 0.6 is 11.6 Å². The standard InChI is InChI=1S/C18H20ClNOSi/c1-22(2,3)21-18(14-20,15-8-6-4-5-7-9-15)16-10-12-17(19)13-11-16/h4-13,15H,1-3H3. The summed E-state index contributed by atoms with van der Waals surface area (Å²) in [5, 5.41) is 10.7. The molecule has 0 N–H and O–H groups in total. The van der Waals surface area contributed by atoms with Crippen molar-refractivity contribution in [2.24, 2.45) is 5.92 Å². The van der Waals surface area contributed by atoms with Crippen molar-refractivity contribution in [1.29, 1.82) is 5.26 Å². The van der Waals surface area contributed by atoms with E-state index in [4.69, 9.17) is 16.0 Å². The molecule has 22 heavy (non-hydrogen) atoms. The fourth-order valence-electron chi connectivity index (χ4n) is 2.49. The van der Waals surface area contributed by atoms with Gasteiger partial charge in [0.15, 0.2) is 13.9 Å². The smallest absolute Gasteiger partial charge is 0.186 e. The highest BCUT2D eigenvalue weighted by Crippen LogP contribution is 2.39. The summed E-state index contributed by atoms with van der Waals surface area (Å²) >= 11 is 6.00. The Morgan fingerprint density at radius 2 is 1.59 bits per heavy atom. The summed E-state index contributed by atoms with van der Waals surface area (Å²) < 4.78 is 6.40. The number of halogens is 1. The van der Waals surface area contributed by atoms with Crippen LogP contribution in [0.2, 0.25) is 24.7 Å². The highest BCUT2D eigenvalue weighted by atomic mass is 35.5. The van der Waals surface area contributed by atoms with Crippen molar-refractivity contribution in [3.63, 3.8) is 0 Å². The highest BCUT2D eigenvalue weighted by Gasteiger charge is 2.43. The molecular formula is C18H20ClNOSi. The first-order valence-electron chi connectivity index (χ1n) is 7.26. The van der Waals surface area contributed by atoms with E-state index in [1.807, 2.05) is 48.6 Å². The lowest BCUT2D eigenvalue weighted by molar-refractivity contribution is 0.0915. The van der Waals surface area contributed by atoms with Crippen LogP contribution in [-0.2, 0) is 10.0 Å². The van der Waals surface area contributed by atoms with Crippen molar-refractivity contribution in [3.05, 3.63) is 71.3 Å². The third-order valence-corrected chi connectivity index (χ3v) is 4.53. The molecule has 2 rings (SSSR count). The zero-order valence-corrected chi connectivity index (χ0v) is 14.8. The predicted molar refractivity (Wildman–Crippen MR) is 94.1 cm³/mol. The maximum Gasteiger partial charge on any atom is 0.186 e. The van der Waals surface area contributed by atoms with E-state index in [0.29, 0.717) is 5.02 Å². The molecule has 0 saturated carbocycles. The third kappa shape index (κ3) is 3.78. The van der Waals surface area contributed by atoms with Crippen LogP contribution in [0.25, 0.3) is 0 Å². The minimum Gasteiger partial charge on any atom is -0.396 e. The molecule has 0 radical (unpaired) electrons. The predicted octanol–water partition coefficient (Wildman–Crippen LogP) is 5.21. The summed E-state index contributed by atoms with van der Waals surface area (Å²) in [6.07, 6.45) is 11.8. The molecule has 0 aliphatic heterocycles. The largest absolute Gasteiger partial charge is 0.396 e. The van der Waals surface area contributed by atoms with Crippen molar-refractivity contribution in [2.75, 3.05) is 0 Å². The minimum absolute atomic E-state index is 0.152. The van der Waals surface area contributed by atoms with Crippen LogP contribution < -0.4 is 0 Å². The number of benzene rings is 1. The number of nitriles is 1. The van der Waals surface area contributed by atoms with Gasteiger partial charge in [-0.25, -0.2) is 0 Å². The Kier molecular flexibility index (Phi) is 5.07. The monoisotopic (exact) mass is 329 g/mol. The number of hydrogen-bond acceptors (Lipinski definition) is 2. The van der Waals surface area contributed by atoms with Crippen LogP contribution in [0, 0.1) is 17.2 Å². The first-order valence-corrected chi connectivity index (χ1v) is 11.1. The fourth-order valence-corrected chi connectivity index (χ4v) is 3.88. The van der Waals surface area contributed by atoms with Gasteiger partial charge in [-0.15, -0.1) is 0 Å². The van der Waals surface area contributed by atoms with Gasteiger partial charge in [0.25, 0.3) is 0 Å². The average Bonchev–Trinajstić information content (AvgIpc) is 2.74. The average molecular weight is 330 g/mol. The van der Waals surface area contributed by atoms with Gasteiger partial charge < -0.3 is 4.43 Å². The molecule has 0 heterocycles. The third-order valence-electron chi connectivity index (χ3n) is 3.35. The number of rotatable bonds is 4. The Morgan fingerprint density at radius 3 is 2.05 bits per heavy atom. The number of hydrogen-bond donors (Lipinski definition) is 0. The highest BCUT2D eigenvalue weighted by molar-refractivity contribution is 6.69. The summed E-state index contributed by atoms with van der Waals surface area (Å²) in [5.74, 6) is -0.152. The second kappa shape index (κ2) is 6.66. The fraction of sp³-hybridized carbons (Fsp3) is 0.278. The summed E-state index contributed by atoms with van der Waals surface area (Å²) in [7, 11) is -1.95. The Hall–Kier alpha value is -1.60. The van der Waals surface area contributed by atoms with Crippen molar-refractivity contribution in [3.8, 4) is 6.07 Å². The van der Waals surface area contributed by atoms with E-state index in [0.717, 1.165) is 5.56 Å². The van der Waals surface area contributed by atoms with Crippen LogP contribution in [0.1, 0.15) is 5.56 Å². The molecule has 1 aliphatic carbocycles. The Morgan fingerprint density at radius 1 is 1.05 bits per heavy atom. The molecule has 1 aromatic rings. The van der Waals surface area contributed by atoms with Gasteiger partial charge in [0, 0.05) is 10.9 Å². The molecule has 0 aromatic heterocycles. The van der Waals surface area contributed by atoms with E-state index >= 15 is 0 Å². The van der Waals surface area contributed by atoms with Crippen LogP contribution in [0.3, 0.4) is 0 Å². The lowest BCUT2D eigenvalue weighted by Crippen LogP contribution is -2.44. The lowest BCUT2D eigenvalue weighted by atomic mass is 9.82. The molecule has 0 saturated heterocycles. The van der Waals surface area contributed by atoms with E-state index in [1.54, 1.807) is 12.1 Å². The summed E-state index contributed by atoms with van der Waals surface area (Å²) in [5.41, 5.74) is -0.198. The van der Waals surface area contributed by atoms with Crippen LogP contribution in [0.4, 0.5) is 0 Å². The molecule has 1 aromatic carbocycles. The van der Waals surface area contributed by atoms with Gasteiger partial charge in [-0.05, 0) is 37.3 Å². The van der Waals surface area contributed by atoms with E-state index in [-0.39, 0.29) is 5.92 Å². The zero-order chi connectivity index (χ0) is 16.2. The van der Waals surface area contributed by atoms with Gasteiger partial charge in [0.05, 0.1) is 0 Å². The van der Waals surface area contributed by atoms with Crippen LogP contribution in [0.5, 0.6) is 0 Å². The van der Waals surface area contributed by atoms with E-state index in [2.05, 4.69) is 25.7 Å². The number of allylic oxidation sites excluding steroid dienone is 4. The zero-order valence-electron chi connectivity index (χ0n) is 13.1. The molecule has 1 atom stereocenters. The summed E-state index contributed by atoms with van der Waals surface area (Å²) in [6.45, 7) is 6.28. The van der Waals surface area contributed by atoms with Crippen molar-refractivity contribution in [2.45, 2.75) is 25.2 Å².